The minimum Gasteiger partial charge on any atom is -0.322 e. The number of nitrogens with one attached hydrogen (secondary N) is 1. The smallest absolute Gasteiger partial charge is 0.256 e. The summed E-state index contributed by atoms with van der Waals surface area (Å²) in [5, 5.41) is 8.21. The molecule has 0 aliphatic rings. The van der Waals surface area contributed by atoms with Gasteiger partial charge in [0.15, 0.2) is 5.65 Å². The monoisotopic (exact) mass is 336 g/mol. The van der Waals surface area contributed by atoms with Gasteiger partial charge in [-0.25, -0.2) is 9.67 Å². The average Bonchev–Trinajstić information content (AvgIpc) is 2.97. The van der Waals surface area contributed by atoms with Crippen LogP contribution in [0, 0.1) is 6.92 Å². The van der Waals surface area contributed by atoms with Crippen molar-refractivity contribution in [2.24, 2.45) is 0 Å². The fraction of sp³-hybridized carbons (Fsp3) is 0.350. The van der Waals surface area contributed by atoms with E-state index in [0.29, 0.717) is 5.56 Å². The Kier molecular flexibility index (Phi) is 4.57. The highest BCUT2D eigenvalue weighted by molar-refractivity contribution is 6.12. The van der Waals surface area contributed by atoms with E-state index in [0.717, 1.165) is 28.0 Å². The second-order valence-electron chi connectivity index (χ2n) is 6.99. The van der Waals surface area contributed by atoms with Crippen LogP contribution in [0.25, 0.3) is 11.0 Å². The maximum Gasteiger partial charge on any atom is 0.256 e. The Morgan fingerprint density at radius 1 is 1.16 bits per heavy atom. The van der Waals surface area contributed by atoms with Crippen LogP contribution in [0.5, 0.6) is 0 Å². The molecule has 2 heterocycles. The zero-order valence-corrected chi connectivity index (χ0v) is 15.4. The summed E-state index contributed by atoms with van der Waals surface area (Å²) in [6, 6.07) is 9.85. The Morgan fingerprint density at radius 2 is 1.92 bits per heavy atom. The molecule has 25 heavy (non-hydrogen) atoms. The number of rotatable bonds is 4. The van der Waals surface area contributed by atoms with Gasteiger partial charge in [-0.15, -0.1) is 0 Å². The Hall–Kier alpha value is -2.69. The van der Waals surface area contributed by atoms with Gasteiger partial charge in [0, 0.05) is 17.4 Å². The predicted molar refractivity (Wildman–Crippen MR) is 101 cm³/mol. The van der Waals surface area contributed by atoms with Crippen LogP contribution in [0.1, 0.15) is 61.3 Å². The lowest BCUT2D eigenvalue weighted by atomic mass is 10.0. The van der Waals surface area contributed by atoms with Crippen molar-refractivity contribution in [2.75, 3.05) is 5.32 Å². The van der Waals surface area contributed by atoms with Crippen LogP contribution in [0.3, 0.4) is 0 Å². The number of anilines is 1. The predicted octanol–water partition coefficient (Wildman–Crippen LogP) is 4.70. The fourth-order valence-corrected chi connectivity index (χ4v) is 2.82. The van der Waals surface area contributed by atoms with Crippen molar-refractivity contribution < 1.29 is 4.79 Å². The van der Waals surface area contributed by atoms with Gasteiger partial charge in [0.25, 0.3) is 5.91 Å². The topological polar surface area (TPSA) is 59.8 Å². The summed E-state index contributed by atoms with van der Waals surface area (Å²) in [6.07, 6.45) is 1.73. The van der Waals surface area contributed by atoms with Crippen LogP contribution in [0.2, 0.25) is 0 Å². The van der Waals surface area contributed by atoms with E-state index in [1.54, 1.807) is 6.20 Å². The van der Waals surface area contributed by atoms with Gasteiger partial charge >= 0.3 is 0 Å². The Bertz CT molecular complexity index is 925. The SMILES string of the molecule is Cc1cccc(NC(=O)c2cc(C(C)C)nc3c2cnn3C(C)C)c1. The van der Waals surface area contributed by atoms with Crippen molar-refractivity contribution in [1.82, 2.24) is 14.8 Å². The third-order valence-electron chi connectivity index (χ3n) is 4.19. The normalized spacial score (nSPS) is 11.5. The first-order valence-electron chi connectivity index (χ1n) is 8.63. The van der Waals surface area contributed by atoms with Crippen molar-refractivity contribution in [1.29, 1.82) is 0 Å². The van der Waals surface area contributed by atoms with E-state index >= 15 is 0 Å². The first-order valence-corrected chi connectivity index (χ1v) is 8.63. The van der Waals surface area contributed by atoms with Crippen molar-refractivity contribution in [3.05, 3.63) is 53.3 Å². The van der Waals surface area contributed by atoms with Crippen LogP contribution in [0.15, 0.2) is 36.5 Å². The first-order chi connectivity index (χ1) is 11.9. The van der Waals surface area contributed by atoms with Crippen LogP contribution < -0.4 is 5.32 Å². The minimum atomic E-state index is -0.136. The van der Waals surface area contributed by atoms with Crippen LogP contribution in [-0.2, 0) is 0 Å². The quantitative estimate of drug-likeness (QED) is 0.751. The van der Waals surface area contributed by atoms with E-state index in [2.05, 4.69) is 38.1 Å². The average molecular weight is 336 g/mol. The molecule has 5 heteroatoms. The molecule has 0 aliphatic carbocycles. The highest BCUT2D eigenvalue weighted by Crippen LogP contribution is 2.25. The van der Waals surface area contributed by atoms with Gasteiger partial charge in [-0.2, -0.15) is 5.10 Å². The lowest BCUT2D eigenvalue weighted by Crippen LogP contribution is -2.14. The molecule has 0 spiro atoms. The van der Waals surface area contributed by atoms with Gasteiger partial charge in [-0.3, -0.25) is 4.79 Å². The molecule has 5 nitrogen and oxygen atoms in total. The number of pyridine rings is 1. The summed E-state index contributed by atoms with van der Waals surface area (Å²) < 4.78 is 1.87. The number of fused-ring (bicyclic) bond motifs is 1. The van der Waals surface area contributed by atoms with Gasteiger partial charge in [-0.05, 0) is 50.5 Å². The van der Waals surface area contributed by atoms with Gasteiger partial charge in [0.2, 0.25) is 0 Å². The fourth-order valence-electron chi connectivity index (χ4n) is 2.82. The molecule has 130 valence electrons. The number of carbonyl (C=O) groups excluding carboxylic acids is 1. The van der Waals surface area contributed by atoms with Crippen molar-refractivity contribution in [2.45, 2.75) is 46.6 Å². The number of hydrogen-bond donors (Lipinski definition) is 1. The molecule has 0 unspecified atom stereocenters. The molecule has 0 saturated carbocycles. The summed E-state index contributed by atoms with van der Waals surface area (Å²) in [6.45, 7) is 10.3. The Balaban J connectivity index is 2.09. The molecule has 0 saturated heterocycles. The summed E-state index contributed by atoms with van der Waals surface area (Å²) in [5.74, 6) is 0.0913. The van der Waals surface area contributed by atoms with E-state index in [4.69, 9.17) is 4.98 Å². The van der Waals surface area contributed by atoms with Gasteiger partial charge in [-0.1, -0.05) is 26.0 Å². The number of aryl methyl sites for hydroxylation is 1. The standard InChI is InChI=1S/C20H24N4O/c1-12(2)18-10-16(17-11-21-24(13(3)4)19(17)23-18)20(25)22-15-8-6-7-14(5)9-15/h6-13H,1-5H3,(H,22,25). The van der Waals surface area contributed by atoms with Gasteiger partial charge in [0.05, 0.1) is 17.1 Å². The van der Waals surface area contributed by atoms with Crippen LogP contribution >= 0.6 is 0 Å². The molecular weight excluding hydrogens is 312 g/mol. The molecule has 1 aromatic carbocycles. The second-order valence-corrected chi connectivity index (χ2v) is 6.99. The van der Waals surface area contributed by atoms with E-state index in [9.17, 15) is 4.79 Å². The maximum absolute atomic E-state index is 12.9. The molecule has 3 rings (SSSR count). The molecule has 2 aromatic heterocycles. The maximum atomic E-state index is 12.9. The highest BCUT2D eigenvalue weighted by Gasteiger charge is 2.19. The van der Waals surface area contributed by atoms with E-state index in [1.165, 1.54) is 0 Å². The molecular formula is C20H24N4O. The molecule has 0 radical (unpaired) electrons. The van der Waals surface area contributed by atoms with E-state index in [1.807, 2.05) is 41.9 Å². The summed E-state index contributed by atoms with van der Waals surface area (Å²) >= 11 is 0. The lowest BCUT2D eigenvalue weighted by molar-refractivity contribution is 0.102. The highest BCUT2D eigenvalue weighted by atomic mass is 16.1. The molecule has 0 bridgehead atoms. The van der Waals surface area contributed by atoms with Crippen molar-refractivity contribution >= 4 is 22.6 Å². The summed E-state index contributed by atoms with van der Waals surface area (Å²) in [4.78, 5) is 17.7. The van der Waals surface area contributed by atoms with Crippen LogP contribution in [-0.4, -0.2) is 20.7 Å². The van der Waals surface area contributed by atoms with E-state index < -0.39 is 0 Å². The minimum absolute atomic E-state index is 0.136. The van der Waals surface area contributed by atoms with Crippen LogP contribution in [0.4, 0.5) is 5.69 Å². The number of nitrogens with zero attached hydrogens (tertiary/aromatic N) is 3. The molecule has 0 aliphatic heterocycles. The number of aromatic nitrogens is 3. The largest absolute Gasteiger partial charge is 0.322 e. The lowest BCUT2D eigenvalue weighted by Gasteiger charge is -2.12. The number of amides is 1. The molecule has 1 amide bonds. The third kappa shape index (κ3) is 3.40. The first kappa shape index (κ1) is 17.1. The Labute approximate surface area is 148 Å². The second kappa shape index (κ2) is 6.67. The van der Waals surface area contributed by atoms with Gasteiger partial charge < -0.3 is 5.32 Å². The summed E-state index contributed by atoms with van der Waals surface area (Å²) in [5.41, 5.74) is 4.16. The number of benzene rings is 1. The van der Waals surface area contributed by atoms with Crippen molar-refractivity contribution in [3.63, 3.8) is 0 Å². The molecule has 3 aromatic rings. The Morgan fingerprint density at radius 3 is 2.56 bits per heavy atom. The molecule has 0 fully saturated rings. The third-order valence-corrected chi connectivity index (χ3v) is 4.19. The number of carbonyl (C=O) groups is 1. The van der Waals surface area contributed by atoms with Crippen molar-refractivity contribution in [3.8, 4) is 0 Å². The number of hydrogen-bond acceptors (Lipinski definition) is 3. The zero-order chi connectivity index (χ0) is 18.1. The molecule has 1 N–H and O–H groups in total. The zero-order valence-electron chi connectivity index (χ0n) is 15.4. The van der Waals surface area contributed by atoms with Gasteiger partial charge in [0.1, 0.15) is 0 Å². The summed E-state index contributed by atoms with van der Waals surface area (Å²) in [7, 11) is 0. The van der Waals surface area contributed by atoms with E-state index in [-0.39, 0.29) is 17.9 Å². The molecule has 0 atom stereocenters.